The summed E-state index contributed by atoms with van der Waals surface area (Å²) >= 11 is 0. The number of benzene rings is 3. The highest BCUT2D eigenvalue weighted by Crippen LogP contribution is 2.41. The fourth-order valence-electron chi connectivity index (χ4n) is 5.38. The largest absolute Gasteiger partial charge is 0.497 e. The number of methoxy groups -OCH3 is 1. The van der Waals surface area contributed by atoms with E-state index >= 15 is 0 Å². The number of para-hydroxylation sites is 1. The second kappa shape index (κ2) is 13.6. The average molecular weight is 681 g/mol. The van der Waals surface area contributed by atoms with Crippen LogP contribution in [-0.2, 0) is 37.2 Å². The topological polar surface area (TPSA) is 124 Å². The Labute approximate surface area is 280 Å². The van der Waals surface area contributed by atoms with Crippen LogP contribution in [0.1, 0.15) is 51.1 Å². The fraction of sp³-hybridized carbons (Fsp3) is 0.343. The number of hydrogen-bond acceptors (Lipinski definition) is 9. The minimum atomic E-state index is -4.59. The number of ether oxygens (including phenoxy) is 3. The molecule has 0 saturated carbocycles. The van der Waals surface area contributed by atoms with Gasteiger partial charge in [0.05, 0.1) is 29.6 Å². The predicted octanol–water partition coefficient (Wildman–Crippen LogP) is 7.07. The molecular weight excluding hydrogens is 645 g/mol. The van der Waals surface area contributed by atoms with Gasteiger partial charge in [-0.05, 0) is 81.3 Å². The molecule has 1 saturated heterocycles. The van der Waals surface area contributed by atoms with E-state index in [1.807, 2.05) is 12.1 Å². The summed E-state index contributed by atoms with van der Waals surface area (Å²) in [6, 6.07) is 17.7. The van der Waals surface area contributed by atoms with Crippen LogP contribution in [0.5, 0.6) is 5.75 Å². The van der Waals surface area contributed by atoms with Gasteiger partial charge >= 0.3 is 18.2 Å². The number of likely N-dealkylation sites (tertiary alicyclic amines) is 1. The van der Waals surface area contributed by atoms with Crippen LogP contribution in [0.3, 0.4) is 0 Å². The minimum absolute atomic E-state index is 0.0842. The Morgan fingerprint density at radius 1 is 0.980 bits per heavy atom. The van der Waals surface area contributed by atoms with Gasteiger partial charge in [0.15, 0.2) is 5.41 Å². The Bertz CT molecular complexity index is 1820. The zero-order chi connectivity index (χ0) is 35.6. The van der Waals surface area contributed by atoms with Gasteiger partial charge in [0.25, 0.3) is 0 Å². The van der Waals surface area contributed by atoms with E-state index in [-0.39, 0.29) is 54.2 Å². The molecule has 4 aromatic rings. The van der Waals surface area contributed by atoms with Crippen molar-refractivity contribution in [3.63, 3.8) is 0 Å². The molecule has 1 unspecified atom stereocenters. The zero-order valence-corrected chi connectivity index (χ0v) is 27.5. The van der Waals surface area contributed by atoms with Crippen LogP contribution in [0.2, 0.25) is 0 Å². The molecule has 0 N–H and O–H groups in total. The minimum Gasteiger partial charge on any atom is -0.497 e. The summed E-state index contributed by atoms with van der Waals surface area (Å²) in [6.45, 7) is 6.43. The van der Waals surface area contributed by atoms with E-state index in [4.69, 9.17) is 18.6 Å². The third-order valence-electron chi connectivity index (χ3n) is 7.80. The summed E-state index contributed by atoms with van der Waals surface area (Å²) in [5.41, 5.74) is -2.00. The number of anilines is 2. The predicted molar refractivity (Wildman–Crippen MR) is 171 cm³/mol. The maximum Gasteiger partial charge on any atom is 0.419 e. The summed E-state index contributed by atoms with van der Waals surface area (Å²) < 4.78 is 62.5. The van der Waals surface area contributed by atoms with Crippen molar-refractivity contribution in [3.05, 3.63) is 89.8 Å². The molecular formula is C35H35F3N4O7. The third kappa shape index (κ3) is 7.68. The van der Waals surface area contributed by atoms with Gasteiger partial charge in [-0.3, -0.25) is 9.59 Å². The molecule has 0 radical (unpaired) electrons. The van der Waals surface area contributed by atoms with Gasteiger partial charge in [0.2, 0.25) is 17.7 Å². The van der Waals surface area contributed by atoms with E-state index in [1.54, 1.807) is 69.2 Å². The van der Waals surface area contributed by atoms with Crippen LogP contribution in [0, 0.1) is 0 Å². The van der Waals surface area contributed by atoms with E-state index in [0.29, 0.717) is 12.3 Å². The molecule has 1 aliphatic rings. The van der Waals surface area contributed by atoms with Gasteiger partial charge in [-0.15, -0.1) is 10.2 Å². The first-order chi connectivity index (χ1) is 23.1. The number of aromatic nitrogens is 2. The number of alkyl halides is 3. The summed E-state index contributed by atoms with van der Waals surface area (Å²) in [6.07, 6.45) is -5.25. The monoisotopic (exact) mass is 680 g/mol. The Balaban J connectivity index is 1.53. The lowest BCUT2D eigenvalue weighted by molar-refractivity contribution is -0.146. The number of halogens is 3. The molecule has 5 rings (SSSR count). The second-order valence-corrected chi connectivity index (χ2v) is 12.5. The number of rotatable bonds is 9. The molecule has 1 aliphatic heterocycles. The van der Waals surface area contributed by atoms with Crippen molar-refractivity contribution >= 4 is 29.3 Å². The smallest absolute Gasteiger partial charge is 0.419 e. The van der Waals surface area contributed by atoms with E-state index in [2.05, 4.69) is 10.2 Å². The lowest BCUT2D eigenvalue weighted by atomic mass is 9.87. The molecule has 49 heavy (non-hydrogen) atoms. The molecule has 258 valence electrons. The fourth-order valence-corrected chi connectivity index (χ4v) is 5.38. The molecule has 0 spiro atoms. The molecule has 14 heteroatoms. The number of carbonyl (C=O) groups is 3. The number of hydrogen-bond donors (Lipinski definition) is 0. The zero-order valence-electron chi connectivity index (χ0n) is 27.5. The van der Waals surface area contributed by atoms with Crippen molar-refractivity contribution < 1.29 is 46.2 Å². The van der Waals surface area contributed by atoms with Crippen molar-refractivity contribution in [2.75, 3.05) is 25.2 Å². The van der Waals surface area contributed by atoms with Gasteiger partial charge in [0, 0.05) is 20.0 Å². The second-order valence-electron chi connectivity index (χ2n) is 12.5. The van der Waals surface area contributed by atoms with E-state index in [9.17, 15) is 27.6 Å². The molecule has 1 fully saturated rings. The molecule has 3 aromatic carbocycles. The average Bonchev–Trinajstić information content (AvgIpc) is 3.66. The number of amides is 2. The van der Waals surface area contributed by atoms with Crippen LogP contribution in [-0.4, -0.2) is 58.9 Å². The molecule has 11 nitrogen and oxygen atoms in total. The standard InChI is InChI=1S/C35H35F3N4O7/c1-22(43)47-21-34(18-19-41(31(34)44)20-23-10-16-26(46-5)17-11-23)30-40-39-29(48-30)27-8-6-7-9-28(27)42(32(45)49-33(2,3)4)25-14-12-24(13-15-25)35(36,37)38/h6-17H,18-21H2,1-5H3. The van der Waals surface area contributed by atoms with Gasteiger partial charge in [0.1, 0.15) is 18.0 Å². The van der Waals surface area contributed by atoms with E-state index in [0.717, 1.165) is 34.7 Å². The van der Waals surface area contributed by atoms with Gasteiger partial charge < -0.3 is 23.5 Å². The SMILES string of the molecule is COc1ccc(CN2CCC(COC(C)=O)(c3nnc(-c4ccccc4N(C(=O)OC(C)(C)C)c4ccc(C(F)(F)F)cc4)o3)C2=O)cc1. The van der Waals surface area contributed by atoms with Crippen molar-refractivity contribution in [2.45, 2.75) is 57.9 Å². The lowest BCUT2D eigenvalue weighted by Gasteiger charge is -2.28. The van der Waals surface area contributed by atoms with E-state index in [1.165, 1.54) is 6.92 Å². The first kappa shape index (κ1) is 34.9. The molecule has 1 atom stereocenters. The normalized spacial score (nSPS) is 16.4. The van der Waals surface area contributed by atoms with Crippen LogP contribution >= 0.6 is 0 Å². The molecule has 0 aliphatic carbocycles. The number of carbonyl (C=O) groups excluding carboxylic acids is 3. The Hall–Kier alpha value is -5.40. The quantitative estimate of drug-likeness (QED) is 0.171. The summed E-state index contributed by atoms with van der Waals surface area (Å²) in [7, 11) is 1.56. The summed E-state index contributed by atoms with van der Waals surface area (Å²) in [4.78, 5) is 42.3. The van der Waals surface area contributed by atoms with Crippen LogP contribution < -0.4 is 9.64 Å². The van der Waals surface area contributed by atoms with Crippen molar-refractivity contribution in [1.29, 1.82) is 0 Å². The highest BCUT2D eigenvalue weighted by molar-refractivity contribution is 6.00. The van der Waals surface area contributed by atoms with Crippen molar-refractivity contribution in [2.24, 2.45) is 0 Å². The highest BCUT2D eigenvalue weighted by Gasteiger charge is 2.53. The van der Waals surface area contributed by atoms with Crippen LogP contribution in [0.4, 0.5) is 29.3 Å². The maximum atomic E-state index is 14.0. The van der Waals surface area contributed by atoms with Gasteiger partial charge in [-0.25, -0.2) is 9.69 Å². The highest BCUT2D eigenvalue weighted by atomic mass is 19.4. The lowest BCUT2D eigenvalue weighted by Crippen LogP contribution is -2.42. The van der Waals surface area contributed by atoms with Gasteiger partial charge in [-0.2, -0.15) is 13.2 Å². The van der Waals surface area contributed by atoms with E-state index < -0.39 is 34.8 Å². The first-order valence-electron chi connectivity index (χ1n) is 15.3. The summed E-state index contributed by atoms with van der Waals surface area (Å²) in [5.74, 6) is -0.500. The van der Waals surface area contributed by atoms with Crippen molar-refractivity contribution in [3.8, 4) is 17.2 Å². The molecule has 1 aromatic heterocycles. The molecule has 2 amide bonds. The molecule has 2 heterocycles. The Morgan fingerprint density at radius 2 is 1.65 bits per heavy atom. The van der Waals surface area contributed by atoms with Crippen LogP contribution in [0.15, 0.2) is 77.2 Å². The number of nitrogens with zero attached hydrogens (tertiary/aromatic N) is 4. The maximum absolute atomic E-state index is 14.0. The Kier molecular flexibility index (Phi) is 9.70. The first-order valence-corrected chi connectivity index (χ1v) is 15.3. The summed E-state index contributed by atoms with van der Waals surface area (Å²) in [5, 5.41) is 8.44. The van der Waals surface area contributed by atoms with Crippen molar-refractivity contribution in [1.82, 2.24) is 15.1 Å². The molecule has 0 bridgehead atoms. The third-order valence-corrected chi connectivity index (χ3v) is 7.80. The van der Waals surface area contributed by atoms with Crippen LogP contribution in [0.25, 0.3) is 11.5 Å². The number of esters is 1. The van der Waals surface area contributed by atoms with Gasteiger partial charge in [-0.1, -0.05) is 24.3 Å². The Morgan fingerprint density at radius 3 is 2.27 bits per heavy atom.